The van der Waals surface area contributed by atoms with Crippen molar-refractivity contribution in [1.82, 2.24) is 10.2 Å². The van der Waals surface area contributed by atoms with Gasteiger partial charge >= 0.3 is 6.03 Å². The van der Waals surface area contributed by atoms with Gasteiger partial charge in [-0.3, -0.25) is 15.0 Å². The van der Waals surface area contributed by atoms with E-state index >= 15 is 0 Å². The summed E-state index contributed by atoms with van der Waals surface area (Å²) in [4.78, 5) is 25.8. The van der Waals surface area contributed by atoms with E-state index in [0.29, 0.717) is 17.5 Å². The maximum absolute atomic E-state index is 11.9. The highest BCUT2D eigenvalue weighted by Crippen LogP contribution is 2.20. The molecule has 1 aliphatic heterocycles. The number of carbonyl (C=O) groups excluding carboxylic acids is 2. The molecule has 0 aromatic heterocycles. The first kappa shape index (κ1) is 15.5. The SMILES string of the molecule is C[C@@H]1C[C@@H](C)CN(CC(=O)NC(=O)Nc2ccccc2)C1. The highest BCUT2D eigenvalue weighted by molar-refractivity contribution is 6.01. The number of carbonyl (C=O) groups is 2. The number of nitrogens with zero attached hydrogens (tertiary/aromatic N) is 1. The summed E-state index contributed by atoms with van der Waals surface area (Å²) in [5.74, 6) is 0.934. The first-order valence-electron chi connectivity index (χ1n) is 7.41. The van der Waals surface area contributed by atoms with Gasteiger partial charge in [0.05, 0.1) is 6.54 Å². The summed E-state index contributed by atoms with van der Waals surface area (Å²) in [5.41, 5.74) is 0.669. The maximum atomic E-state index is 11.9. The zero-order valence-electron chi connectivity index (χ0n) is 12.6. The lowest BCUT2D eigenvalue weighted by molar-refractivity contribution is -0.121. The molecule has 0 bridgehead atoms. The van der Waals surface area contributed by atoms with Crippen LogP contribution in [0.25, 0.3) is 0 Å². The molecule has 21 heavy (non-hydrogen) atoms. The van der Waals surface area contributed by atoms with Crippen LogP contribution in [0.1, 0.15) is 20.3 Å². The monoisotopic (exact) mass is 289 g/mol. The minimum atomic E-state index is -0.482. The zero-order chi connectivity index (χ0) is 15.2. The van der Waals surface area contributed by atoms with Crippen molar-refractivity contribution in [3.63, 3.8) is 0 Å². The van der Waals surface area contributed by atoms with Crippen molar-refractivity contribution < 1.29 is 9.59 Å². The lowest BCUT2D eigenvalue weighted by Crippen LogP contribution is -2.46. The number of anilines is 1. The van der Waals surface area contributed by atoms with E-state index in [2.05, 4.69) is 29.4 Å². The van der Waals surface area contributed by atoms with E-state index in [1.807, 2.05) is 18.2 Å². The van der Waals surface area contributed by atoms with Gasteiger partial charge in [0, 0.05) is 18.8 Å². The molecule has 0 unspecified atom stereocenters. The highest BCUT2D eigenvalue weighted by atomic mass is 16.2. The Morgan fingerprint density at radius 1 is 1.14 bits per heavy atom. The van der Waals surface area contributed by atoms with Gasteiger partial charge in [-0.1, -0.05) is 32.0 Å². The molecule has 2 atom stereocenters. The van der Waals surface area contributed by atoms with Crippen molar-refractivity contribution in [2.75, 3.05) is 25.0 Å². The Morgan fingerprint density at radius 3 is 2.38 bits per heavy atom. The van der Waals surface area contributed by atoms with E-state index < -0.39 is 6.03 Å². The summed E-state index contributed by atoms with van der Waals surface area (Å²) in [6, 6.07) is 8.59. The Morgan fingerprint density at radius 2 is 1.76 bits per heavy atom. The molecule has 0 aliphatic carbocycles. The molecule has 1 saturated heterocycles. The lowest BCUT2D eigenvalue weighted by atomic mass is 9.92. The number of hydrogen-bond donors (Lipinski definition) is 2. The van der Waals surface area contributed by atoms with Crippen molar-refractivity contribution >= 4 is 17.6 Å². The molecule has 5 heteroatoms. The number of rotatable bonds is 3. The fourth-order valence-corrected chi connectivity index (χ4v) is 2.97. The molecule has 1 aromatic carbocycles. The predicted octanol–water partition coefficient (Wildman–Crippen LogP) is 2.31. The van der Waals surface area contributed by atoms with Crippen LogP contribution in [0.3, 0.4) is 0 Å². The normalized spacial score (nSPS) is 22.6. The molecule has 1 fully saturated rings. The summed E-state index contributed by atoms with van der Waals surface area (Å²) in [6.07, 6.45) is 1.20. The quantitative estimate of drug-likeness (QED) is 0.897. The first-order valence-corrected chi connectivity index (χ1v) is 7.41. The topological polar surface area (TPSA) is 61.4 Å². The van der Waals surface area contributed by atoms with E-state index in [4.69, 9.17) is 0 Å². The van der Waals surface area contributed by atoms with Crippen molar-refractivity contribution in [2.24, 2.45) is 11.8 Å². The summed E-state index contributed by atoms with van der Waals surface area (Å²) in [6.45, 7) is 6.50. The lowest BCUT2D eigenvalue weighted by Gasteiger charge is -2.34. The number of benzene rings is 1. The van der Waals surface area contributed by atoms with Crippen LogP contribution in [-0.2, 0) is 4.79 Å². The highest BCUT2D eigenvalue weighted by Gasteiger charge is 2.23. The number of hydrogen-bond acceptors (Lipinski definition) is 3. The summed E-state index contributed by atoms with van der Waals surface area (Å²) in [7, 11) is 0. The van der Waals surface area contributed by atoms with Gasteiger partial charge in [-0.05, 0) is 30.4 Å². The van der Waals surface area contributed by atoms with Crippen LogP contribution >= 0.6 is 0 Å². The van der Waals surface area contributed by atoms with Crippen molar-refractivity contribution in [3.05, 3.63) is 30.3 Å². The van der Waals surface area contributed by atoms with Crippen LogP contribution in [0.4, 0.5) is 10.5 Å². The van der Waals surface area contributed by atoms with E-state index in [9.17, 15) is 9.59 Å². The van der Waals surface area contributed by atoms with Crippen LogP contribution in [-0.4, -0.2) is 36.5 Å². The zero-order valence-corrected chi connectivity index (χ0v) is 12.6. The third-order valence-electron chi connectivity index (χ3n) is 3.60. The third-order valence-corrected chi connectivity index (χ3v) is 3.60. The van der Waals surface area contributed by atoms with Gasteiger partial charge < -0.3 is 5.32 Å². The minimum absolute atomic E-state index is 0.260. The molecule has 3 amide bonds. The molecule has 1 aliphatic rings. The van der Waals surface area contributed by atoms with Gasteiger partial charge in [-0.15, -0.1) is 0 Å². The van der Waals surface area contributed by atoms with E-state index in [1.54, 1.807) is 12.1 Å². The second-order valence-corrected chi connectivity index (χ2v) is 6.01. The average Bonchev–Trinajstić information content (AvgIpc) is 2.37. The molecule has 0 radical (unpaired) electrons. The van der Waals surface area contributed by atoms with Gasteiger partial charge in [0.1, 0.15) is 0 Å². The number of urea groups is 1. The van der Waals surface area contributed by atoms with E-state index in [-0.39, 0.29) is 12.5 Å². The molecule has 2 rings (SSSR count). The predicted molar refractivity (Wildman–Crippen MR) is 83.0 cm³/mol. The van der Waals surface area contributed by atoms with E-state index in [1.165, 1.54) is 6.42 Å². The Kier molecular flexibility index (Phi) is 5.33. The van der Waals surface area contributed by atoms with Crippen molar-refractivity contribution in [1.29, 1.82) is 0 Å². The van der Waals surface area contributed by atoms with Gasteiger partial charge in [-0.25, -0.2) is 4.79 Å². The number of piperidine rings is 1. The summed E-state index contributed by atoms with van der Waals surface area (Å²) < 4.78 is 0. The fourth-order valence-electron chi connectivity index (χ4n) is 2.97. The van der Waals surface area contributed by atoms with Gasteiger partial charge in [-0.2, -0.15) is 0 Å². The molecule has 1 heterocycles. The van der Waals surface area contributed by atoms with Crippen LogP contribution in [0.15, 0.2) is 30.3 Å². The van der Waals surface area contributed by atoms with Crippen LogP contribution in [0.2, 0.25) is 0 Å². The Bertz CT molecular complexity index is 480. The maximum Gasteiger partial charge on any atom is 0.325 e. The number of imide groups is 1. The van der Waals surface area contributed by atoms with Crippen LogP contribution in [0, 0.1) is 11.8 Å². The molecule has 2 N–H and O–H groups in total. The van der Waals surface area contributed by atoms with E-state index in [0.717, 1.165) is 13.1 Å². The largest absolute Gasteiger partial charge is 0.325 e. The number of nitrogens with one attached hydrogen (secondary N) is 2. The average molecular weight is 289 g/mol. The van der Waals surface area contributed by atoms with Crippen molar-refractivity contribution in [3.8, 4) is 0 Å². The molecule has 0 saturated carbocycles. The second kappa shape index (κ2) is 7.22. The van der Waals surface area contributed by atoms with Crippen molar-refractivity contribution in [2.45, 2.75) is 20.3 Å². The first-order chi connectivity index (χ1) is 10.0. The summed E-state index contributed by atoms with van der Waals surface area (Å²) >= 11 is 0. The molecular formula is C16H23N3O2. The van der Waals surface area contributed by atoms with Gasteiger partial charge in [0.2, 0.25) is 5.91 Å². The summed E-state index contributed by atoms with van der Waals surface area (Å²) in [5, 5.41) is 5.01. The van der Waals surface area contributed by atoms with Gasteiger partial charge in [0.25, 0.3) is 0 Å². The number of para-hydroxylation sites is 1. The Hall–Kier alpha value is -1.88. The second-order valence-electron chi connectivity index (χ2n) is 6.01. The minimum Gasteiger partial charge on any atom is -0.308 e. The molecule has 1 aromatic rings. The standard InChI is InChI=1S/C16H23N3O2/c1-12-8-13(2)10-19(9-12)11-15(20)18-16(21)17-14-6-4-3-5-7-14/h3-7,12-13H,8-11H2,1-2H3,(H2,17,18,20,21)/t12-,13-/m1/s1. The Balaban J connectivity index is 1.77. The van der Waals surface area contributed by atoms with Gasteiger partial charge in [0.15, 0.2) is 0 Å². The fraction of sp³-hybridized carbons (Fsp3) is 0.500. The third kappa shape index (κ3) is 5.19. The number of amides is 3. The van der Waals surface area contributed by atoms with Crippen LogP contribution < -0.4 is 10.6 Å². The number of likely N-dealkylation sites (tertiary alicyclic amines) is 1. The molecule has 0 spiro atoms. The Labute approximate surface area is 125 Å². The smallest absolute Gasteiger partial charge is 0.308 e. The molecule has 114 valence electrons. The van der Waals surface area contributed by atoms with Crippen LogP contribution in [0.5, 0.6) is 0 Å². The molecular weight excluding hydrogens is 266 g/mol. The molecule has 5 nitrogen and oxygen atoms in total.